The second kappa shape index (κ2) is 10.7. The Kier molecular flexibility index (Phi) is 7.99. The minimum absolute atomic E-state index is 1.02. The maximum atomic E-state index is 9.10. The number of nitrogens with zero attached hydrogens (tertiary/aromatic N) is 3. The van der Waals surface area contributed by atoms with Gasteiger partial charge in [-0.1, -0.05) is 48.6 Å². The summed E-state index contributed by atoms with van der Waals surface area (Å²) in [5.74, 6) is -2.55. The molecule has 2 heterocycles. The first-order chi connectivity index (χ1) is 13.1. The quantitative estimate of drug-likeness (QED) is 0.797. The Morgan fingerprint density at radius 3 is 2.11 bits per heavy atom. The zero-order valence-electron chi connectivity index (χ0n) is 14.9. The van der Waals surface area contributed by atoms with E-state index in [2.05, 4.69) is 63.3 Å². The van der Waals surface area contributed by atoms with Crippen molar-refractivity contribution in [1.29, 1.82) is 0 Å². The van der Waals surface area contributed by atoms with Crippen molar-refractivity contribution >= 4 is 23.8 Å². The van der Waals surface area contributed by atoms with Gasteiger partial charge in [0.1, 0.15) is 5.82 Å². The molecule has 0 amide bonds. The number of carboxylic acid groups (broad SMARTS) is 2. The number of aromatic nitrogens is 1. The molecule has 0 spiro atoms. The van der Waals surface area contributed by atoms with Gasteiger partial charge in [-0.3, -0.25) is 4.90 Å². The van der Waals surface area contributed by atoms with Crippen LogP contribution in [0.2, 0.25) is 0 Å². The molecule has 1 aromatic carbocycles. The maximum Gasteiger partial charge on any atom is 0.414 e. The molecule has 0 bridgehead atoms. The Balaban J connectivity index is 0.000000380. The van der Waals surface area contributed by atoms with Gasteiger partial charge in [0.15, 0.2) is 0 Å². The fraction of sp³-hybridized carbons (Fsp3) is 0.250. The third kappa shape index (κ3) is 7.29. The molecular formula is C20H23N3O4. The summed E-state index contributed by atoms with van der Waals surface area (Å²) < 4.78 is 0. The van der Waals surface area contributed by atoms with Crippen LogP contribution in [0.5, 0.6) is 0 Å². The Morgan fingerprint density at radius 2 is 1.56 bits per heavy atom. The molecule has 1 aromatic heterocycles. The van der Waals surface area contributed by atoms with E-state index in [-0.39, 0.29) is 0 Å². The van der Waals surface area contributed by atoms with Crippen LogP contribution >= 0.6 is 0 Å². The molecule has 0 unspecified atom stereocenters. The molecule has 7 heteroatoms. The van der Waals surface area contributed by atoms with E-state index in [1.807, 2.05) is 18.3 Å². The molecule has 1 saturated heterocycles. The number of aliphatic carboxylic acids is 2. The fourth-order valence-corrected chi connectivity index (χ4v) is 2.60. The lowest BCUT2D eigenvalue weighted by molar-refractivity contribution is -0.159. The summed E-state index contributed by atoms with van der Waals surface area (Å²) in [7, 11) is 0. The molecule has 2 N–H and O–H groups in total. The second-order valence-electron chi connectivity index (χ2n) is 5.90. The number of piperazine rings is 1. The Bertz CT molecular complexity index is 730. The molecule has 7 nitrogen and oxygen atoms in total. The van der Waals surface area contributed by atoms with E-state index in [0.717, 1.165) is 38.5 Å². The molecule has 0 atom stereocenters. The minimum Gasteiger partial charge on any atom is -0.473 e. The van der Waals surface area contributed by atoms with Gasteiger partial charge in [0, 0.05) is 38.9 Å². The highest BCUT2D eigenvalue weighted by molar-refractivity contribution is 6.27. The van der Waals surface area contributed by atoms with Crippen LogP contribution in [0.25, 0.3) is 6.08 Å². The van der Waals surface area contributed by atoms with Gasteiger partial charge in [0.25, 0.3) is 0 Å². The average molecular weight is 369 g/mol. The number of carboxylic acids is 2. The van der Waals surface area contributed by atoms with E-state index in [4.69, 9.17) is 19.8 Å². The van der Waals surface area contributed by atoms with Crippen LogP contribution < -0.4 is 4.90 Å². The Hall–Kier alpha value is -3.19. The number of benzene rings is 1. The van der Waals surface area contributed by atoms with Gasteiger partial charge in [0.05, 0.1) is 0 Å². The fourth-order valence-electron chi connectivity index (χ4n) is 2.60. The lowest BCUT2D eigenvalue weighted by Crippen LogP contribution is -2.46. The van der Waals surface area contributed by atoms with Crippen LogP contribution in [0.4, 0.5) is 5.82 Å². The van der Waals surface area contributed by atoms with Crippen molar-refractivity contribution in [2.24, 2.45) is 0 Å². The summed E-state index contributed by atoms with van der Waals surface area (Å²) >= 11 is 0. The molecular weight excluding hydrogens is 346 g/mol. The van der Waals surface area contributed by atoms with Crippen molar-refractivity contribution in [3.05, 3.63) is 66.4 Å². The number of carbonyl (C=O) groups is 2. The molecule has 1 aliphatic heterocycles. The SMILES string of the molecule is C(=Cc1ccccc1)CN1CCN(c2ccccn2)CC1.O=C(O)C(=O)O. The van der Waals surface area contributed by atoms with Gasteiger partial charge < -0.3 is 15.1 Å². The predicted molar refractivity (Wildman–Crippen MR) is 104 cm³/mol. The average Bonchev–Trinajstić information content (AvgIpc) is 2.70. The van der Waals surface area contributed by atoms with E-state index < -0.39 is 11.9 Å². The van der Waals surface area contributed by atoms with Gasteiger partial charge in [0.2, 0.25) is 0 Å². The molecule has 0 radical (unpaired) electrons. The lowest BCUT2D eigenvalue weighted by atomic mass is 10.2. The highest BCUT2D eigenvalue weighted by atomic mass is 16.4. The molecule has 0 saturated carbocycles. The molecule has 1 fully saturated rings. The Morgan fingerprint density at radius 1 is 0.926 bits per heavy atom. The third-order valence-electron chi connectivity index (χ3n) is 4.00. The van der Waals surface area contributed by atoms with Crippen molar-refractivity contribution < 1.29 is 19.8 Å². The van der Waals surface area contributed by atoms with Gasteiger partial charge in [-0.25, -0.2) is 14.6 Å². The van der Waals surface area contributed by atoms with Gasteiger partial charge in [-0.2, -0.15) is 0 Å². The normalized spacial score (nSPS) is 14.4. The monoisotopic (exact) mass is 369 g/mol. The first-order valence-corrected chi connectivity index (χ1v) is 8.62. The molecule has 0 aliphatic carbocycles. The van der Waals surface area contributed by atoms with Crippen LogP contribution in [0, 0.1) is 0 Å². The maximum absolute atomic E-state index is 9.10. The zero-order valence-corrected chi connectivity index (χ0v) is 14.9. The Labute approximate surface area is 158 Å². The van der Waals surface area contributed by atoms with E-state index in [9.17, 15) is 0 Å². The van der Waals surface area contributed by atoms with Gasteiger partial charge >= 0.3 is 11.9 Å². The first-order valence-electron chi connectivity index (χ1n) is 8.62. The van der Waals surface area contributed by atoms with Gasteiger partial charge in [-0.15, -0.1) is 0 Å². The number of rotatable bonds is 4. The van der Waals surface area contributed by atoms with Crippen LogP contribution in [-0.2, 0) is 9.59 Å². The standard InChI is InChI=1S/C18H21N3.C2H2O4/c1-2-7-17(8-3-1)9-6-12-20-13-15-21(16-14-20)18-10-4-5-11-19-18;3-1(4)2(5)6/h1-11H,12-16H2;(H,3,4)(H,5,6). The third-order valence-corrected chi connectivity index (χ3v) is 4.00. The molecule has 3 rings (SSSR count). The van der Waals surface area contributed by atoms with Crippen molar-refractivity contribution in [3.8, 4) is 0 Å². The highest BCUT2D eigenvalue weighted by Crippen LogP contribution is 2.12. The van der Waals surface area contributed by atoms with E-state index in [1.165, 1.54) is 5.56 Å². The van der Waals surface area contributed by atoms with Crippen molar-refractivity contribution in [1.82, 2.24) is 9.88 Å². The number of hydrogen-bond donors (Lipinski definition) is 2. The summed E-state index contributed by atoms with van der Waals surface area (Å²) in [5.41, 5.74) is 1.27. The van der Waals surface area contributed by atoms with Crippen LogP contribution in [0.1, 0.15) is 5.56 Å². The number of hydrogen-bond acceptors (Lipinski definition) is 5. The zero-order chi connectivity index (χ0) is 19.5. The molecule has 2 aromatic rings. The van der Waals surface area contributed by atoms with Crippen LogP contribution in [0.3, 0.4) is 0 Å². The largest absolute Gasteiger partial charge is 0.473 e. The van der Waals surface area contributed by atoms with E-state index in [0.29, 0.717) is 0 Å². The lowest BCUT2D eigenvalue weighted by Gasteiger charge is -2.34. The predicted octanol–water partition coefficient (Wildman–Crippen LogP) is 2.07. The summed E-state index contributed by atoms with van der Waals surface area (Å²) in [5, 5.41) is 14.8. The minimum atomic E-state index is -1.82. The van der Waals surface area contributed by atoms with Crippen LogP contribution in [-0.4, -0.2) is 64.8 Å². The van der Waals surface area contributed by atoms with Crippen LogP contribution in [0.15, 0.2) is 60.8 Å². The topological polar surface area (TPSA) is 94.0 Å². The van der Waals surface area contributed by atoms with Crippen molar-refractivity contribution in [3.63, 3.8) is 0 Å². The molecule has 142 valence electrons. The van der Waals surface area contributed by atoms with Crippen molar-refractivity contribution in [2.45, 2.75) is 0 Å². The van der Waals surface area contributed by atoms with Crippen molar-refractivity contribution in [2.75, 3.05) is 37.6 Å². The summed E-state index contributed by atoms with van der Waals surface area (Å²) in [6.07, 6.45) is 6.32. The summed E-state index contributed by atoms with van der Waals surface area (Å²) in [6, 6.07) is 16.6. The smallest absolute Gasteiger partial charge is 0.414 e. The molecule has 27 heavy (non-hydrogen) atoms. The second-order valence-corrected chi connectivity index (χ2v) is 5.90. The molecule has 1 aliphatic rings. The number of anilines is 1. The number of pyridine rings is 1. The summed E-state index contributed by atoms with van der Waals surface area (Å²) in [6.45, 7) is 5.31. The highest BCUT2D eigenvalue weighted by Gasteiger charge is 2.16. The van der Waals surface area contributed by atoms with Gasteiger partial charge in [-0.05, 0) is 17.7 Å². The summed E-state index contributed by atoms with van der Waals surface area (Å²) in [4.78, 5) is 27.5. The van der Waals surface area contributed by atoms with E-state index >= 15 is 0 Å². The first kappa shape index (κ1) is 20.1. The van der Waals surface area contributed by atoms with E-state index in [1.54, 1.807) is 0 Å².